The molecule has 0 heterocycles. The van der Waals surface area contributed by atoms with Crippen molar-refractivity contribution in [1.82, 2.24) is 0 Å². The summed E-state index contributed by atoms with van der Waals surface area (Å²) in [5, 5.41) is 9.08. The van der Waals surface area contributed by atoms with E-state index in [4.69, 9.17) is 19.3 Å². The molecule has 0 aliphatic rings. The van der Waals surface area contributed by atoms with Crippen molar-refractivity contribution in [1.29, 1.82) is 0 Å². The van der Waals surface area contributed by atoms with Gasteiger partial charge in [0.1, 0.15) is 22.8 Å². The lowest BCUT2D eigenvalue weighted by Crippen LogP contribution is -2.08. The van der Waals surface area contributed by atoms with Gasteiger partial charge < -0.3 is 19.3 Å². The average Bonchev–Trinajstić information content (AvgIpc) is 2.55. The van der Waals surface area contributed by atoms with Gasteiger partial charge in [0.05, 0.1) is 13.2 Å². The molecule has 0 bridgehead atoms. The Labute approximate surface area is 139 Å². The number of carboxylic acids is 1. The number of aromatic carboxylic acids is 1. The minimum absolute atomic E-state index is 0.0342. The van der Waals surface area contributed by atoms with Crippen molar-refractivity contribution in [3.63, 3.8) is 0 Å². The molecule has 2 rings (SSSR count). The molecule has 0 saturated carbocycles. The summed E-state index contributed by atoms with van der Waals surface area (Å²) in [6.07, 6.45) is 0.651. The van der Waals surface area contributed by atoms with Crippen LogP contribution in [-0.2, 0) is 4.79 Å². The topological polar surface area (TPSA) is 82.1 Å². The van der Waals surface area contributed by atoms with Gasteiger partial charge in [0, 0.05) is 19.4 Å². The summed E-state index contributed by atoms with van der Waals surface area (Å²) in [6.45, 7) is 2.09. The summed E-state index contributed by atoms with van der Waals surface area (Å²) in [4.78, 5) is 22.2. The smallest absolute Gasteiger partial charge is 0.339 e. The van der Waals surface area contributed by atoms with Gasteiger partial charge in [-0.3, -0.25) is 4.79 Å². The summed E-state index contributed by atoms with van der Waals surface area (Å²) in [7, 11) is 0. The number of benzene rings is 2. The number of rotatable bonds is 8. The van der Waals surface area contributed by atoms with Gasteiger partial charge in [-0.2, -0.15) is 0 Å². The van der Waals surface area contributed by atoms with Crippen molar-refractivity contribution in [2.45, 2.75) is 13.3 Å². The molecular weight excluding hydrogens is 312 g/mol. The average molecular weight is 330 g/mol. The highest BCUT2D eigenvalue weighted by Crippen LogP contribution is 2.25. The predicted octanol–water partition coefficient (Wildman–Crippen LogP) is 3.16. The van der Waals surface area contributed by atoms with E-state index in [1.807, 2.05) is 30.3 Å². The first-order valence-electron chi connectivity index (χ1n) is 7.42. The maximum atomic E-state index is 11.1. The van der Waals surface area contributed by atoms with E-state index in [1.165, 1.54) is 25.1 Å². The van der Waals surface area contributed by atoms with Crippen LogP contribution in [0.4, 0.5) is 0 Å². The Hall–Kier alpha value is -3.02. The molecule has 1 N–H and O–H groups in total. The fourth-order valence-electron chi connectivity index (χ4n) is 1.96. The second-order valence-electron chi connectivity index (χ2n) is 4.92. The molecule has 2 aromatic rings. The Morgan fingerprint density at radius 3 is 2.25 bits per heavy atom. The van der Waals surface area contributed by atoms with Gasteiger partial charge in [-0.05, 0) is 24.3 Å². The molecule has 0 aliphatic heterocycles. The van der Waals surface area contributed by atoms with E-state index in [9.17, 15) is 9.59 Å². The Balaban J connectivity index is 1.85. The zero-order valence-corrected chi connectivity index (χ0v) is 13.2. The van der Waals surface area contributed by atoms with Crippen LogP contribution in [0.25, 0.3) is 0 Å². The quantitative estimate of drug-likeness (QED) is 0.455. The minimum Gasteiger partial charge on any atom is -0.493 e. The van der Waals surface area contributed by atoms with E-state index in [2.05, 4.69) is 0 Å². The maximum Gasteiger partial charge on any atom is 0.339 e. The summed E-state index contributed by atoms with van der Waals surface area (Å²) in [6, 6.07) is 13.7. The van der Waals surface area contributed by atoms with Crippen LogP contribution in [0.1, 0.15) is 23.7 Å². The fraction of sp³-hybridized carbons (Fsp3) is 0.222. The lowest BCUT2D eigenvalue weighted by Gasteiger charge is -2.10. The highest BCUT2D eigenvalue weighted by atomic mass is 16.5. The van der Waals surface area contributed by atoms with Crippen LogP contribution in [0.5, 0.6) is 17.2 Å². The number of hydrogen-bond acceptors (Lipinski definition) is 5. The van der Waals surface area contributed by atoms with Crippen LogP contribution in [0.15, 0.2) is 48.5 Å². The second-order valence-corrected chi connectivity index (χ2v) is 4.92. The summed E-state index contributed by atoms with van der Waals surface area (Å²) in [5.41, 5.74) is -0.0926. The zero-order valence-electron chi connectivity index (χ0n) is 13.2. The molecule has 0 atom stereocenters. The third-order valence-corrected chi connectivity index (χ3v) is 3.01. The molecule has 0 fully saturated rings. The van der Waals surface area contributed by atoms with Gasteiger partial charge >= 0.3 is 11.9 Å². The number of esters is 1. The van der Waals surface area contributed by atoms with Crippen molar-refractivity contribution in [3.8, 4) is 17.2 Å². The van der Waals surface area contributed by atoms with Crippen molar-refractivity contribution in [3.05, 3.63) is 54.1 Å². The normalized spacial score (nSPS) is 10.0. The Kier molecular flexibility index (Phi) is 6.19. The van der Waals surface area contributed by atoms with E-state index in [0.29, 0.717) is 25.4 Å². The Morgan fingerprint density at radius 1 is 0.958 bits per heavy atom. The summed E-state index contributed by atoms with van der Waals surface area (Å²) >= 11 is 0. The summed E-state index contributed by atoms with van der Waals surface area (Å²) < 4.78 is 16.0. The van der Waals surface area contributed by atoms with Gasteiger partial charge in [-0.25, -0.2) is 4.79 Å². The van der Waals surface area contributed by atoms with E-state index < -0.39 is 11.9 Å². The largest absolute Gasteiger partial charge is 0.493 e. The SMILES string of the molecule is CC(=O)Oc1cc(OCCCOc2ccccc2)ccc1C(=O)O. The molecule has 6 heteroatoms. The van der Waals surface area contributed by atoms with Crippen molar-refractivity contribution < 1.29 is 28.9 Å². The second kappa shape index (κ2) is 8.57. The third-order valence-electron chi connectivity index (χ3n) is 3.01. The first kappa shape index (κ1) is 17.3. The van der Waals surface area contributed by atoms with E-state index >= 15 is 0 Å². The van der Waals surface area contributed by atoms with Crippen LogP contribution in [0.3, 0.4) is 0 Å². The van der Waals surface area contributed by atoms with E-state index in [-0.39, 0.29) is 11.3 Å². The Morgan fingerprint density at radius 2 is 1.62 bits per heavy atom. The molecule has 24 heavy (non-hydrogen) atoms. The molecule has 0 unspecified atom stereocenters. The van der Waals surface area contributed by atoms with Crippen molar-refractivity contribution >= 4 is 11.9 Å². The lowest BCUT2D eigenvalue weighted by molar-refractivity contribution is -0.131. The number of hydrogen-bond donors (Lipinski definition) is 1. The molecule has 6 nitrogen and oxygen atoms in total. The van der Waals surface area contributed by atoms with Crippen LogP contribution in [0.2, 0.25) is 0 Å². The first-order chi connectivity index (χ1) is 11.6. The van der Waals surface area contributed by atoms with Crippen molar-refractivity contribution in [2.24, 2.45) is 0 Å². The minimum atomic E-state index is -1.17. The zero-order chi connectivity index (χ0) is 17.4. The highest BCUT2D eigenvalue weighted by molar-refractivity contribution is 5.92. The molecule has 0 amide bonds. The molecule has 2 aromatic carbocycles. The standard InChI is InChI=1S/C18H18O6/c1-13(19)24-17-12-15(8-9-16(17)18(20)21)23-11-5-10-22-14-6-3-2-4-7-14/h2-4,6-9,12H,5,10-11H2,1H3,(H,20,21). The Bertz CT molecular complexity index is 696. The first-order valence-corrected chi connectivity index (χ1v) is 7.42. The number of ether oxygens (including phenoxy) is 3. The summed E-state index contributed by atoms with van der Waals surface area (Å²) in [5.74, 6) is -0.579. The molecule has 126 valence electrons. The van der Waals surface area contributed by atoms with Crippen molar-refractivity contribution in [2.75, 3.05) is 13.2 Å². The lowest BCUT2D eigenvalue weighted by atomic mass is 10.2. The molecule has 0 radical (unpaired) electrons. The number of carbonyl (C=O) groups is 2. The van der Waals surface area contributed by atoms with Crippen LogP contribution < -0.4 is 14.2 Å². The third kappa shape index (κ3) is 5.31. The van der Waals surface area contributed by atoms with Gasteiger partial charge in [0.15, 0.2) is 0 Å². The molecule has 0 aliphatic carbocycles. The van der Waals surface area contributed by atoms with E-state index in [1.54, 1.807) is 0 Å². The monoisotopic (exact) mass is 330 g/mol. The molecular formula is C18H18O6. The predicted molar refractivity (Wildman–Crippen MR) is 86.8 cm³/mol. The van der Waals surface area contributed by atoms with Crippen LogP contribution in [0, 0.1) is 0 Å². The highest BCUT2D eigenvalue weighted by Gasteiger charge is 2.14. The van der Waals surface area contributed by atoms with Gasteiger partial charge in [-0.1, -0.05) is 18.2 Å². The van der Waals surface area contributed by atoms with Gasteiger partial charge in [0.2, 0.25) is 0 Å². The van der Waals surface area contributed by atoms with Crippen LogP contribution in [-0.4, -0.2) is 30.3 Å². The molecule has 0 spiro atoms. The fourth-order valence-corrected chi connectivity index (χ4v) is 1.96. The van der Waals surface area contributed by atoms with E-state index in [0.717, 1.165) is 5.75 Å². The number of para-hydroxylation sites is 1. The van der Waals surface area contributed by atoms with Crippen LogP contribution >= 0.6 is 0 Å². The molecule has 0 aromatic heterocycles. The number of carbonyl (C=O) groups excluding carboxylic acids is 1. The van der Waals surface area contributed by atoms with Gasteiger partial charge in [-0.15, -0.1) is 0 Å². The molecule has 0 saturated heterocycles. The van der Waals surface area contributed by atoms with Gasteiger partial charge in [0.25, 0.3) is 0 Å². The number of carboxylic acid groups (broad SMARTS) is 1. The maximum absolute atomic E-state index is 11.1.